The van der Waals surface area contributed by atoms with Gasteiger partial charge in [-0.05, 0) is 12.1 Å². The molecule has 0 aromatic heterocycles. The molecule has 1 aromatic carbocycles. The number of rotatable bonds is 1. The van der Waals surface area contributed by atoms with Gasteiger partial charge >= 0.3 is 5.97 Å². The number of carbonyl (C=O) groups is 1. The first kappa shape index (κ1) is 10.4. The summed E-state index contributed by atoms with van der Waals surface area (Å²) in [5.74, 6) is 4.30. The zero-order chi connectivity index (χ0) is 10.6. The van der Waals surface area contributed by atoms with Crippen molar-refractivity contribution in [3.63, 3.8) is 0 Å². The molecule has 0 saturated heterocycles. The molecule has 0 bridgehead atoms. The summed E-state index contributed by atoms with van der Waals surface area (Å²) < 4.78 is 0. The molecule has 0 aliphatic rings. The molecule has 0 spiro atoms. The van der Waals surface area contributed by atoms with Crippen LogP contribution in [0.1, 0.15) is 15.9 Å². The van der Waals surface area contributed by atoms with Crippen LogP contribution in [-0.4, -0.2) is 17.0 Å². The summed E-state index contributed by atoms with van der Waals surface area (Å²) in [6, 6.07) is 4.77. The average molecular weight is 210 g/mol. The van der Waals surface area contributed by atoms with Crippen LogP contribution >= 0.6 is 11.6 Å². The van der Waals surface area contributed by atoms with Gasteiger partial charge < -0.3 is 10.8 Å². The molecule has 1 rings (SSSR count). The molecule has 0 heterocycles. The Morgan fingerprint density at radius 1 is 1.57 bits per heavy atom. The Morgan fingerprint density at radius 3 is 2.86 bits per heavy atom. The van der Waals surface area contributed by atoms with Crippen molar-refractivity contribution in [1.82, 2.24) is 0 Å². The second-order valence-corrected chi connectivity index (χ2v) is 2.78. The minimum Gasteiger partial charge on any atom is -0.478 e. The van der Waals surface area contributed by atoms with Gasteiger partial charge in [0.15, 0.2) is 0 Å². The summed E-state index contributed by atoms with van der Waals surface area (Å²) in [5.41, 5.74) is 6.14. The molecule has 0 radical (unpaired) electrons. The lowest BCUT2D eigenvalue weighted by Gasteiger charge is -2.02. The van der Waals surface area contributed by atoms with Crippen molar-refractivity contribution in [2.75, 3.05) is 11.6 Å². The Morgan fingerprint density at radius 2 is 2.29 bits per heavy atom. The maximum absolute atomic E-state index is 10.8. The molecule has 0 atom stereocenters. The third-order valence-electron chi connectivity index (χ3n) is 1.60. The van der Waals surface area contributed by atoms with Gasteiger partial charge in [0, 0.05) is 11.3 Å². The zero-order valence-electron chi connectivity index (χ0n) is 7.25. The average Bonchev–Trinajstić information content (AvgIpc) is 2.14. The monoisotopic (exact) mass is 209 g/mol. The molecular formula is C10H8ClNO2. The van der Waals surface area contributed by atoms with Crippen LogP contribution in [-0.2, 0) is 0 Å². The van der Waals surface area contributed by atoms with E-state index in [1.165, 1.54) is 6.07 Å². The van der Waals surface area contributed by atoms with Gasteiger partial charge in [-0.3, -0.25) is 0 Å². The second-order valence-electron chi connectivity index (χ2n) is 2.51. The van der Waals surface area contributed by atoms with E-state index in [0.29, 0.717) is 5.56 Å². The number of hydrogen-bond acceptors (Lipinski definition) is 2. The van der Waals surface area contributed by atoms with E-state index < -0.39 is 5.97 Å². The normalized spacial score (nSPS) is 8.93. The fourth-order valence-corrected chi connectivity index (χ4v) is 1.11. The number of benzene rings is 1. The number of halogens is 1. The number of hydrogen-bond donors (Lipinski definition) is 2. The SMILES string of the molecule is Nc1cccc(C#CCCl)c1C(=O)O. The molecular weight excluding hydrogens is 202 g/mol. The van der Waals surface area contributed by atoms with Crippen LogP contribution in [0.5, 0.6) is 0 Å². The van der Waals surface area contributed by atoms with E-state index in [2.05, 4.69) is 11.8 Å². The summed E-state index contributed by atoms with van der Waals surface area (Å²) >= 11 is 5.37. The maximum atomic E-state index is 10.8. The Balaban J connectivity index is 3.28. The first-order valence-corrected chi connectivity index (χ1v) is 4.37. The van der Waals surface area contributed by atoms with Crippen LogP contribution in [0.2, 0.25) is 0 Å². The van der Waals surface area contributed by atoms with Gasteiger partial charge in [0.1, 0.15) is 0 Å². The van der Waals surface area contributed by atoms with Crippen molar-refractivity contribution in [3.8, 4) is 11.8 Å². The minimum atomic E-state index is -1.08. The van der Waals surface area contributed by atoms with Gasteiger partial charge in [0.25, 0.3) is 0 Å². The Hall–Kier alpha value is -1.66. The molecule has 0 amide bonds. The first-order chi connectivity index (χ1) is 6.66. The molecule has 0 aliphatic heterocycles. The fourth-order valence-electron chi connectivity index (χ4n) is 1.04. The largest absolute Gasteiger partial charge is 0.478 e. The lowest BCUT2D eigenvalue weighted by molar-refractivity contribution is 0.0698. The first-order valence-electron chi connectivity index (χ1n) is 3.83. The van der Waals surface area contributed by atoms with E-state index in [1.807, 2.05) is 0 Å². The maximum Gasteiger partial charge on any atom is 0.339 e. The van der Waals surface area contributed by atoms with Gasteiger partial charge in [-0.1, -0.05) is 17.9 Å². The quantitative estimate of drug-likeness (QED) is 0.419. The van der Waals surface area contributed by atoms with Crippen LogP contribution in [0.25, 0.3) is 0 Å². The number of alkyl halides is 1. The van der Waals surface area contributed by atoms with Crippen molar-refractivity contribution in [2.24, 2.45) is 0 Å². The number of carboxylic acids is 1. The van der Waals surface area contributed by atoms with Gasteiger partial charge in [-0.25, -0.2) is 4.79 Å². The number of nitrogens with two attached hydrogens (primary N) is 1. The van der Waals surface area contributed by atoms with E-state index >= 15 is 0 Å². The van der Waals surface area contributed by atoms with Crippen molar-refractivity contribution in [1.29, 1.82) is 0 Å². The van der Waals surface area contributed by atoms with Gasteiger partial charge in [-0.2, -0.15) is 0 Å². The van der Waals surface area contributed by atoms with E-state index in [9.17, 15) is 4.79 Å². The zero-order valence-corrected chi connectivity index (χ0v) is 8.01. The minimum absolute atomic E-state index is 0.0325. The molecule has 72 valence electrons. The Kier molecular flexibility index (Phi) is 3.38. The van der Waals surface area contributed by atoms with E-state index in [0.717, 1.165) is 0 Å². The van der Waals surface area contributed by atoms with Gasteiger partial charge in [-0.15, -0.1) is 11.6 Å². The molecule has 3 nitrogen and oxygen atoms in total. The highest BCUT2D eigenvalue weighted by Crippen LogP contribution is 2.15. The summed E-state index contributed by atoms with van der Waals surface area (Å²) in [7, 11) is 0. The molecule has 0 aliphatic carbocycles. The van der Waals surface area contributed by atoms with Crippen LogP contribution in [0.4, 0.5) is 5.69 Å². The van der Waals surface area contributed by atoms with Gasteiger partial charge in [0.2, 0.25) is 0 Å². The molecule has 1 aromatic rings. The standard InChI is InChI=1S/C10H8ClNO2/c11-6-2-4-7-3-1-5-8(12)9(7)10(13)14/h1,3,5H,6,12H2,(H,13,14). The van der Waals surface area contributed by atoms with E-state index in [1.54, 1.807) is 12.1 Å². The molecule has 4 heteroatoms. The van der Waals surface area contributed by atoms with Crippen LogP contribution < -0.4 is 5.73 Å². The second kappa shape index (κ2) is 4.54. The lowest BCUT2D eigenvalue weighted by Crippen LogP contribution is -2.05. The number of carboxylic acid groups (broad SMARTS) is 1. The molecule has 0 unspecified atom stereocenters. The predicted octanol–water partition coefficient (Wildman–Crippen LogP) is 1.56. The summed E-state index contributed by atoms with van der Waals surface area (Å²) in [5, 5.41) is 8.87. The molecule has 0 fully saturated rings. The Bertz CT molecular complexity index is 418. The van der Waals surface area contributed by atoms with E-state index in [-0.39, 0.29) is 17.1 Å². The highest BCUT2D eigenvalue weighted by Gasteiger charge is 2.11. The van der Waals surface area contributed by atoms with Crippen molar-refractivity contribution >= 4 is 23.3 Å². The number of anilines is 1. The van der Waals surface area contributed by atoms with E-state index in [4.69, 9.17) is 22.4 Å². The summed E-state index contributed by atoms with van der Waals surface area (Å²) in [6.45, 7) is 0. The Labute approximate surface area is 86.5 Å². The highest BCUT2D eigenvalue weighted by atomic mass is 35.5. The predicted molar refractivity (Wildman–Crippen MR) is 55.4 cm³/mol. The van der Waals surface area contributed by atoms with Gasteiger partial charge in [0.05, 0.1) is 11.4 Å². The lowest BCUT2D eigenvalue weighted by atomic mass is 10.1. The molecule has 3 N–H and O–H groups in total. The van der Waals surface area contributed by atoms with Crippen LogP contribution in [0.15, 0.2) is 18.2 Å². The topological polar surface area (TPSA) is 63.3 Å². The third-order valence-corrected chi connectivity index (χ3v) is 1.73. The number of aromatic carboxylic acids is 1. The smallest absolute Gasteiger partial charge is 0.339 e. The fraction of sp³-hybridized carbons (Fsp3) is 0.100. The highest BCUT2D eigenvalue weighted by molar-refractivity contribution is 6.19. The molecule has 0 saturated carbocycles. The molecule has 14 heavy (non-hydrogen) atoms. The summed E-state index contributed by atoms with van der Waals surface area (Å²) in [6.07, 6.45) is 0. The van der Waals surface area contributed by atoms with Crippen molar-refractivity contribution in [2.45, 2.75) is 0 Å². The van der Waals surface area contributed by atoms with Crippen molar-refractivity contribution in [3.05, 3.63) is 29.3 Å². The van der Waals surface area contributed by atoms with Crippen LogP contribution in [0, 0.1) is 11.8 Å². The number of nitrogen functional groups attached to an aromatic ring is 1. The van der Waals surface area contributed by atoms with Crippen LogP contribution in [0.3, 0.4) is 0 Å². The van der Waals surface area contributed by atoms with Crippen molar-refractivity contribution < 1.29 is 9.90 Å². The summed E-state index contributed by atoms with van der Waals surface area (Å²) in [4.78, 5) is 10.8. The third kappa shape index (κ3) is 2.18.